The van der Waals surface area contributed by atoms with Crippen molar-refractivity contribution in [2.45, 2.75) is 6.10 Å². The molecule has 1 atom stereocenters. The number of rotatable bonds is 5. The molecule has 1 rings (SSSR count). The van der Waals surface area contributed by atoms with E-state index in [0.717, 1.165) is 19.2 Å². The molecule has 0 radical (unpaired) electrons. The van der Waals surface area contributed by atoms with Crippen molar-refractivity contribution in [1.82, 2.24) is 0 Å². The highest BCUT2D eigenvalue weighted by Crippen LogP contribution is 2.21. The molecule has 1 aromatic rings. The van der Waals surface area contributed by atoms with E-state index in [-0.39, 0.29) is 23.7 Å². The molecule has 0 bridgehead atoms. The van der Waals surface area contributed by atoms with Gasteiger partial charge in [0.15, 0.2) is 11.6 Å². The van der Waals surface area contributed by atoms with Crippen LogP contribution in [0.1, 0.15) is 10.4 Å². The van der Waals surface area contributed by atoms with Crippen molar-refractivity contribution in [3.05, 3.63) is 29.3 Å². The number of hydrogen-bond donors (Lipinski definition) is 2. The van der Waals surface area contributed by atoms with Crippen LogP contribution in [0.25, 0.3) is 0 Å². The summed E-state index contributed by atoms with van der Waals surface area (Å²) in [5, 5.41) is 11.9. The van der Waals surface area contributed by atoms with Gasteiger partial charge in [-0.15, -0.1) is 11.6 Å². The highest BCUT2D eigenvalue weighted by Gasteiger charge is 2.17. The van der Waals surface area contributed by atoms with Gasteiger partial charge in [0.1, 0.15) is 0 Å². The molecule has 0 spiro atoms. The zero-order valence-electron chi connectivity index (χ0n) is 9.54. The Kier molecular flexibility index (Phi) is 5.30. The Morgan fingerprint density at radius 3 is 2.67 bits per heavy atom. The van der Waals surface area contributed by atoms with Crippen molar-refractivity contribution in [3.63, 3.8) is 0 Å². The number of carbonyl (C=O) groups is 1. The smallest absolute Gasteiger partial charge is 0.340 e. The number of hydrogen-bond acceptors (Lipinski definition) is 4. The summed E-state index contributed by atoms with van der Waals surface area (Å²) >= 11 is 5.39. The van der Waals surface area contributed by atoms with E-state index in [1.54, 1.807) is 0 Å². The number of methoxy groups -OCH3 is 1. The lowest BCUT2D eigenvalue weighted by Crippen LogP contribution is -2.22. The Balaban J connectivity index is 3.00. The van der Waals surface area contributed by atoms with Crippen LogP contribution >= 0.6 is 11.6 Å². The van der Waals surface area contributed by atoms with Crippen LogP contribution < -0.4 is 5.32 Å². The van der Waals surface area contributed by atoms with Gasteiger partial charge in [0, 0.05) is 12.6 Å². The molecular weight excluding hydrogens is 268 g/mol. The summed E-state index contributed by atoms with van der Waals surface area (Å²) in [6.45, 7) is -0.00142. The Morgan fingerprint density at radius 1 is 1.50 bits per heavy atom. The fourth-order valence-corrected chi connectivity index (χ4v) is 1.36. The van der Waals surface area contributed by atoms with E-state index >= 15 is 0 Å². The van der Waals surface area contributed by atoms with Crippen LogP contribution in [0.2, 0.25) is 0 Å². The fourth-order valence-electron chi connectivity index (χ4n) is 1.25. The quantitative estimate of drug-likeness (QED) is 0.637. The molecule has 4 nitrogen and oxygen atoms in total. The van der Waals surface area contributed by atoms with Crippen molar-refractivity contribution < 1.29 is 23.4 Å². The van der Waals surface area contributed by atoms with Gasteiger partial charge in [-0.25, -0.2) is 13.6 Å². The zero-order valence-corrected chi connectivity index (χ0v) is 10.3. The number of ether oxygens (including phenoxy) is 1. The second-order valence-electron chi connectivity index (χ2n) is 3.49. The van der Waals surface area contributed by atoms with Gasteiger partial charge in [-0.2, -0.15) is 0 Å². The number of halogens is 3. The van der Waals surface area contributed by atoms with E-state index in [2.05, 4.69) is 10.1 Å². The minimum absolute atomic E-state index is 0.00142. The Bertz CT molecular complexity index is 443. The normalized spacial score (nSPS) is 12.1. The van der Waals surface area contributed by atoms with Crippen molar-refractivity contribution in [1.29, 1.82) is 0 Å². The first-order valence-corrected chi connectivity index (χ1v) is 5.58. The maximum absolute atomic E-state index is 13.1. The highest BCUT2D eigenvalue weighted by molar-refractivity contribution is 6.18. The molecule has 0 saturated carbocycles. The summed E-state index contributed by atoms with van der Waals surface area (Å²) in [6.07, 6.45) is -0.870. The molecule has 2 N–H and O–H groups in total. The average molecular weight is 280 g/mol. The Morgan fingerprint density at radius 2 is 2.11 bits per heavy atom. The first kappa shape index (κ1) is 14.7. The van der Waals surface area contributed by atoms with Gasteiger partial charge in [-0.1, -0.05) is 0 Å². The number of nitrogens with one attached hydrogen (secondary N) is 1. The van der Waals surface area contributed by atoms with Crippen molar-refractivity contribution in [2.75, 3.05) is 24.9 Å². The van der Waals surface area contributed by atoms with Crippen LogP contribution in [0.15, 0.2) is 12.1 Å². The van der Waals surface area contributed by atoms with E-state index in [4.69, 9.17) is 11.6 Å². The lowest BCUT2D eigenvalue weighted by Gasteiger charge is -2.13. The third kappa shape index (κ3) is 3.54. The minimum Gasteiger partial charge on any atom is -0.465 e. The van der Waals surface area contributed by atoms with Gasteiger partial charge in [-0.3, -0.25) is 0 Å². The van der Waals surface area contributed by atoms with Gasteiger partial charge in [0.2, 0.25) is 0 Å². The number of aliphatic hydroxyl groups is 1. The first-order chi connectivity index (χ1) is 8.49. The number of aliphatic hydroxyl groups excluding tert-OH is 1. The Hall–Kier alpha value is -1.40. The molecule has 0 aliphatic carbocycles. The summed E-state index contributed by atoms with van der Waals surface area (Å²) in [7, 11) is 1.13. The van der Waals surface area contributed by atoms with Crippen molar-refractivity contribution in [2.24, 2.45) is 0 Å². The SMILES string of the molecule is COC(=O)c1cc(F)c(F)cc1NCC(O)CCl. The lowest BCUT2D eigenvalue weighted by molar-refractivity contribution is 0.0601. The van der Waals surface area contributed by atoms with Gasteiger partial charge >= 0.3 is 5.97 Å². The predicted molar refractivity (Wildman–Crippen MR) is 62.9 cm³/mol. The lowest BCUT2D eigenvalue weighted by atomic mass is 10.1. The summed E-state index contributed by atoms with van der Waals surface area (Å²) in [5.74, 6) is -3.09. The van der Waals surface area contributed by atoms with Crippen LogP contribution in [0, 0.1) is 11.6 Å². The van der Waals surface area contributed by atoms with E-state index in [1.165, 1.54) is 0 Å². The molecule has 100 valence electrons. The second-order valence-corrected chi connectivity index (χ2v) is 3.80. The molecule has 0 heterocycles. The van der Waals surface area contributed by atoms with E-state index in [0.29, 0.717) is 0 Å². The number of carbonyl (C=O) groups excluding carboxylic acids is 1. The maximum atomic E-state index is 13.1. The molecule has 1 unspecified atom stereocenters. The number of alkyl halides is 1. The monoisotopic (exact) mass is 279 g/mol. The molecule has 1 aromatic carbocycles. The maximum Gasteiger partial charge on any atom is 0.340 e. The van der Waals surface area contributed by atoms with Crippen LogP contribution in [-0.4, -0.2) is 36.7 Å². The summed E-state index contributed by atoms with van der Waals surface area (Å²) in [6, 6.07) is 1.55. The molecule has 0 aliphatic heterocycles. The highest BCUT2D eigenvalue weighted by atomic mass is 35.5. The largest absolute Gasteiger partial charge is 0.465 e. The van der Waals surface area contributed by atoms with Gasteiger partial charge in [0.25, 0.3) is 0 Å². The molecule has 0 amide bonds. The van der Waals surface area contributed by atoms with E-state index < -0.39 is 23.7 Å². The molecule has 0 aliphatic rings. The van der Waals surface area contributed by atoms with Gasteiger partial charge in [-0.05, 0) is 6.07 Å². The summed E-state index contributed by atoms with van der Waals surface area (Å²) in [5.41, 5.74) is -0.122. The van der Waals surface area contributed by atoms with Crippen molar-refractivity contribution in [3.8, 4) is 0 Å². The Labute approximate surface area is 108 Å². The van der Waals surface area contributed by atoms with Crippen LogP contribution in [-0.2, 0) is 4.74 Å². The molecule has 0 saturated heterocycles. The molecule has 18 heavy (non-hydrogen) atoms. The predicted octanol–water partition coefficient (Wildman–Crippen LogP) is 1.76. The van der Waals surface area contributed by atoms with Crippen LogP contribution in [0.4, 0.5) is 14.5 Å². The van der Waals surface area contributed by atoms with Crippen LogP contribution in [0.3, 0.4) is 0 Å². The third-order valence-corrected chi connectivity index (χ3v) is 2.53. The standard InChI is InChI=1S/C11H12ClF2NO3/c1-18-11(17)7-2-8(13)9(14)3-10(7)15-5-6(16)4-12/h2-3,6,15-16H,4-5H2,1H3. The van der Waals surface area contributed by atoms with E-state index in [1.807, 2.05) is 0 Å². The minimum atomic E-state index is -1.15. The van der Waals surface area contributed by atoms with Crippen LogP contribution in [0.5, 0.6) is 0 Å². The summed E-state index contributed by atoms with van der Waals surface area (Å²) in [4.78, 5) is 11.4. The third-order valence-electron chi connectivity index (χ3n) is 2.17. The second kappa shape index (κ2) is 6.51. The topological polar surface area (TPSA) is 58.6 Å². The molecule has 0 aromatic heterocycles. The fraction of sp³-hybridized carbons (Fsp3) is 0.364. The van der Waals surface area contributed by atoms with E-state index in [9.17, 15) is 18.7 Å². The molecular formula is C11H12ClF2NO3. The molecule has 0 fully saturated rings. The number of anilines is 1. The molecule has 7 heteroatoms. The first-order valence-electron chi connectivity index (χ1n) is 5.04. The van der Waals surface area contributed by atoms with Crippen molar-refractivity contribution >= 4 is 23.3 Å². The zero-order chi connectivity index (χ0) is 13.7. The average Bonchev–Trinajstić information content (AvgIpc) is 2.38. The van der Waals surface area contributed by atoms with Gasteiger partial charge in [0.05, 0.1) is 30.3 Å². The van der Waals surface area contributed by atoms with Gasteiger partial charge < -0.3 is 15.2 Å². The number of esters is 1. The number of benzene rings is 1. The summed E-state index contributed by atoms with van der Waals surface area (Å²) < 4.78 is 30.6.